The molecule has 4 aliphatic rings. The number of carbonyl (C=O) groups is 2. The third kappa shape index (κ3) is 7.43. The summed E-state index contributed by atoms with van der Waals surface area (Å²) < 4.78 is 24.6. The van der Waals surface area contributed by atoms with Crippen molar-refractivity contribution in [3.05, 3.63) is 71.1 Å². The fourth-order valence-corrected chi connectivity index (χ4v) is 6.60. The SMILES string of the molecule is CN(C)c1ccc2c(-c3ccc(C(=O)NC[C@H]4O[C@H](O[C@H]5O[C@H](CO)[C@@H](O)[C@H](O)[C@H]5O)[C@H](O)[C@@H](O)[C@@H]4O)cc3C(=O)O)c3ccc(=[N+](C)C)cc-3oc2c1. The predicted octanol–water partition coefficient (Wildman–Crippen LogP) is -1.65. The van der Waals surface area contributed by atoms with Crippen LogP contribution in [0, 0.1) is 0 Å². The van der Waals surface area contributed by atoms with E-state index in [9.17, 15) is 50.4 Å². The van der Waals surface area contributed by atoms with Crippen LogP contribution in [0.4, 0.5) is 5.69 Å². The van der Waals surface area contributed by atoms with Gasteiger partial charge in [-0.3, -0.25) is 4.79 Å². The summed E-state index contributed by atoms with van der Waals surface area (Å²) in [5.41, 5.74) is 2.73. The summed E-state index contributed by atoms with van der Waals surface area (Å²) in [7, 11) is 7.57. The molecule has 0 radical (unpaired) electrons. The molecule has 2 saturated heterocycles. The third-order valence-corrected chi connectivity index (χ3v) is 9.75. The molecule has 1 aliphatic carbocycles. The van der Waals surface area contributed by atoms with Gasteiger partial charge in [0.05, 0.1) is 18.2 Å². The molecule has 10 atom stereocenters. The number of carbonyl (C=O) groups excluding carboxylic acids is 1. The van der Waals surface area contributed by atoms with E-state index >= 15 is 0 Å². The molecule has 0 saturated carbocycles. The summed E-state index contributed by atoms with van der Waals surface area (Å²) in [6.07, 6.45) is -17.0. The Morgan fingerprint density at radius 1 is 0.796 bits per heavy atom. The second-order valence-electron chi connectivity index (χ2n) is 13.8. The number of nitrogens with zero attached hydrogens (tertiary/aromatic N) is 2. The average Bonchev–Trinajstić information content (AvgIpc) is 3.15. The van der Waals surface area contributed by atoms with Crippen molar-refractivity contribution >= 4 is 28.5 Å². The standard InChI is InChI=1S/C37H43N3O14/c1-39(2)17-6-9-20-23(12-17)51-24-13-18(40(3)4)7-10-21(24)27(20)19-8-5-16(11-22(19)35(49)50)34(48)38-14-25-28(42)30(44)32(46)36(52-25)54-37-33(47)31(45)29(43)26(15-41)53-37/h5-13,25-26,28-33,36-37,41-47H,14-15H2,1-4H3,(H-,38,48,49,50)/p+1/t25-,26-,28-,29-,30+,31+,32-,33-,36-,37-/m1/s1. The zero-order valence-electron chi connectivity index (χ0n) is 29.8. The molecular weight excluding hydrogens is 710 g/mol. The van der Waals surface area contributed by atoms with Gasteiger partial charge < -0.3 is 69.7 Å². The summed E-state index contributed by atoms with van der Waals surface area (Å²) >= 11 is 0. The molecule has 17 nitrogen and oxygen atoms in total. The van der Waals surface area contributed by atoms with Crippen molar-refractivity contribution in [1.29, 1.82) is 0 Å². The molecule has 9 N–H and O–H groups in total. The maximum atomic E-state index is 13.4. The van der Waals surface area contributed by atoms with Crippen LogP contribution in [0.5, 0.6) is 0 Å². The molecule has 2 aromatic carbocycles. The molecule has 3 heterocycles. The number of hydrogen-bond acceptors (Lipinski definition) is 14. The molecule has 0 spiro atoms. The van der Waals surface area contributed by atoms with Crippen LogP contribution in [0.1, 0.15) is 20.7 Å². The van der Waals surface area contributed by atoms with Crippen LogP contribution in [0.25, 0.3) is 33.4 Å². The van der Waals surface area contributed by atoms with E-state index in [1.807, 2.05) is 74.1 Å². The van der Waals surface area contributed by atoms with Crippen molar-refractivity contribution in [2.45, 2.75) is 61.4 Å². The van der Waals surface area contributed by atoms with Crippen molar-refractivity contribution < 1.29 is 69.1 Å². The van der Waals surface area contributed by atoms with Gasteiger partial charge in [-0.2, -0.15) is 0 Å². The Morgan fingerprint density at radius 3 is 2.04 bits per heavy atom. The van der Waals surface area contributed by atoms with Gasteiger partial charge in [0, 0.05) is 60.5 Å². The average molecular weight is 755 g/mol. The Morgan fingerprint density at radius 2 is 1.43 bits per heavy atom. The number of nitrogens with one attached hydrogen (secondary N) is 1. The number of amides is 1. The van der Waals surface area contributed by atoms with Crippen LogP contribution in [0.15, 0.2) is 59.0 Å². The second kappa shape index (κ2) is 15.7. The Hall–Kier alpha value is -4.53. The van der Waals surface area contributed by atoms with Crippen LogP contribution in [-0.4, -0.2) is 155 Å². The van der Waals surface area contributed by atoms with E-state index in [-0.39, 0.29) is 11.1 Å². The fourth-order valence-electron chi connectivity index (χ4n) is 6.60. The van der Waals surface area contributed by atoms with E-state index in [0.717, 1.165) is 11.0 Å². The highest BCUT2D eigenvalue weighted by Gasteiger charge is 2.49. The zero-order chi connectivity index (χ0) is 39.2. The van der Waals surface area contributed by atoms with Gasteiger partial charge in [0.2, 0.25) is 5.36 Å². The minimum atomic E-state index is -1.88. The van der Waals surface area contributed by atoms with Crippen molar-refractivity contribution in [2.24, 2.45) is 0 Å². The summed E-state index contributed by atoms with van der Waals surface area (Å²) in [6, 6.07) is 15.4. The molecule has 0 bridgehead atoms. The van der Waals surface area contributed by atoms with E-state index < -0.39 is 86.4 Å². The summed E-state index contributed by atoms with van der Waals surface area (Å²) in [4.78, 5) is 28.1. The highest BCUT2D eigenvalue weighted by atomic mass is 16.8. The van der Waals surface area contributed by atoms with Gasteiger partial charge in [0.15, 0.2) is 12.6 Å². The smallest absolute Gasteiger partial charge is 0.336 e. The predicted molar refractivity (Wildman–Crippen MR) is 191 cm³/mol. The fraction of sp³-hybridized carbons (Fsp3) is 0.432. The minimum Gasteiger partial charge on any atom is -0.478 e. The van der Waals surface area contributed by atoms with Crippen molar-refractivity contribution in [2.75, 3.05) is 46.2 Å². The summed E-state index contributed by atoms with van der Waals surface area (Å²) in [6.45, 7) is -1.20. The van der Waals surface area contributed by atoms with Gasteiger partial charge in [-0.15, -0.1) is 0 Å². The van der Waals surface area contributed by atoms with Crippen LogP contribution in [0.2, 0.25) is 0 Å². The summed E-state index contributed by atoms with van der Waals surface area (Å²) in [5.74, 6) is -1.53. The van der Waals surface area contributed by atoms with E-state index in [0.29, 0.717) is 33.4 Å². The molecule has 54 heavy (non-hydrogen) atoms. The molecule has 0 unspecified atom stereocenters. The number of hydrogen-bond donors (Lipinski definition) is 9. The van der Waals surface area contributed by atoms with Crippen LogP contribution in [0.3, 0.4) is 0 Å². The number of carboxylic acids is 1. The number of ether oxygens (including phenoxy) is 3. The topological polar surface area (TPSA) is 255 Å². The van der Waals surface area contributed by atoms with E-state index in [2.05, 4.69) is 5.32 Å². The molecule has 3 aliphatic heterocycles. The first-order valence-corrected chi connectivity index (χ1v) is 17.1. The highest BCUT2D eigenvalue weighted by molar-refractivity contribution is 6.09. The van der Waals surface area contributed by atoms with Crippen molar-refractivity contribution in [1.82, 2.24) is 9.89 Å². The molecule has 290 valence electrons. The van der Waals surface area contributed by atoms with Crippen LogP contribution >= 0.6 is 0 Å². The lowest BCUT2D eigenvalue weighted by Gasteiger charge is -2.44. The number of benzene rings is 3. The normalized spacial score (nSPS) is 28.6. The Balaban J connectivity index is 1.27. The number of rotatable bonds is 9. The highest BCUT2D eigenvalue weighted by Crippen LogP contribution is 2.42. The number of aliphatic hydroxyl groups is 7. The maximum absolute atomic E-state index is 13.4. The summed E-state index contributed by atoms with van der Waals surface area (Å²) in [5, 5.41) is 86.2. The van der Waals surface area contributed by atoms with Crippen LogP contribution < -0.4 is 20.1 Å². The zero-order valence-corrected chi connectivity index (χ0v) is 29.8. The van der Waals surface area contributed by atoms with Gasteiger partial charge >= 0.3 is 5.97 Å². The monoisotopic (exact) mass is 754 g/mol. The van der Waals surface area contributed by atoms with Gasteiger partial charge in [0.25, 0.3) is 5.91 Å². The first-order chi connectivity index (χ1) is 25.6. The molecular formula is C37H44N3O14+. The molecule has 2 fully saturated rings. The van der Waals surface area contributed by atoms with Gasteiger partial charge in [-0.1, -0.05) is 6.07 Å². The molecule has 6 rings (SSSR count). The maximum Gasteiger partial charge on any atom is 0.336 e. The molecule has 1 amide bonds. The minimum absolute atomic E-state index is 0.0461. The first kappa shape index (κ1) is 39.2. The Labute approximate surface area is 308 Å². The van der Waals surface area contributed by atoms with Crippen molar-refractivity contribution in [3.63, 3.8) is 0 Å². The lowest BCUT2D eigenvalue weighted by atomic mass is 9.89. The Kier molecular flexibility index (Phi) is 11.4. The second-order valence-corrected chi connectivity index (χ2v) is 13.8. The number of fused-ring (bicyclic) bond motifs is 2. The number of aromatic carboxylic acids is 1. The van der Waals surface area contributed by atoms with E-state index in [4.69, 9.17) is 18.6 Å². The van der Waals surface area contributed by atoms with Crippen molar-refractivity contribution in [3.8, 4) is 22.5 Å². The lowest BCUT2D eigenvalue weighted by Crippen LogP contribution is -2.64. The van der Waals surface area contributed by atoms with E-state index in [1.165, 1.54) is 18.2 Å². The first-order valence-electron chi connectivity index (χ1n) is 17.1. The number of carboxylic acid groups (broad SMARTS) is 1. The number of aliphatic hydroxyl groups excluding tert-OH is 7. The quantitative estimate of drug-likeness (QED) is 0.0686. The van der Waals surface area contributed by atoms with Crippen LogP contribution in [-0.2, 0) is 14.2 Å². The number of anilines is 1. The van der Waals surface area contributed by atoms with Gasteiger partial charge in [0.1, 0.15) is 74.3 Å². The molecule has 17 heteroatoms. The third-order valence-electron chi connectivity index (χ3n) is 9.75. The molecule has 0 aromatic heterocycles. The van der Waals surface area contributed by atoms with Gasteiger partial charge in [-0.05, 0) is 35.9 Å². The van der Waals surface area contributed by atoms with Gasteiger partial charge in [-0.25, -0.2) is 9.37 Å². The lowest BCUT2D eigenvalue weighted by molar-refractivity contribution is -0.374. The molecule has 2 aromatic rings. The Bertz CT molecular complexity index is 2060. The largest absolute Gasteiger partial charge is 0.478 e. The van der Waals surface area contributed by atoms with E-state index in [1.54, 1.807) is 0 Å².